The van der Waals surface area contributed by atoms with E-state index in [-0.39, 0.29) is 5.91 Å². The zero-order chi connectivity index (χ0) is 12.3. The van der Waals surface area contributed by atoms with Gasteiger partial charge in [0.25, 0.3) is 0 Å². The van der Waals surface area contributed by atoms with Crippen molar-refractivity contribution >= 4 is 23.3 Å². The Morgan fingerprint density at radius 1 is 1.47 bits per heavy atom. The zero-order valence-corrected chi connectivity index (χ0v) is 10.4. The van der Waals surface area contributed by atoms with Crippen molar-refractivity contribution in [1.82, 2.24) is 15.5 Å². The van der Waals surface area contributed by atoms with Crippen molar-refractivity contribution in [2.45, 2.75) is 31.7 Å². The Bertz CT molecular complexity index is 400. The second kappa shape index (κ2) is 4.98. The molecule has 1 atom stereocenters. The fraction of sp³-hybridized carbons (Fsp3) is 0.545. The van der Waals surface area contributed by atoms with Gasteiger partial charge in [0.15, 0.2) is 11.0 Å². The van der Waals surface area contributed by atoms with Crippen molar-refractivity contribution in [3.63, 3.8) is 0 Å². The van der Waals surface area contributed by atoms with E-state index in [9.17, 15) is 4.79 Å². The molecule has 0 spiro atoms. The third-order valence-electron chi connectivity index (χ3n) is 2.99. The van der Waals surface area contributed by atoms with Crippen molar-refractivity contribution in [3.8, 4) is 0 Å². The molecule has 0 radical (unpaired) electrons. The van der Waals surface area contributed by atoms with E-state index in [1.165, 1.54) is 0 Å². The summed E-state index contributed by atoms with van der Waals surface area (Å²) in [6.07, 6.45) is 3.01. The number of anilines is 1. The van der Waals surface area contributed by atoms with Gasteiger partial charge in [0.2, 0.25) is 5.91 Å². The quantitative estimate of drug-likeness (QED) is 0.841. The van der Waals surface area contributed by atoms with Crippen LogP contribution in [0.15, 0.2) is 12.1 Å². The van der Waals surface area contributed by atoms with E-state index in [4.69, 9.17) is 11.6 Å². The third-order valence-corrected chi connectivity index (χ3v) is 3.20. The van der Waals surface area contributed by atoms with Gasteiger partial charge < -0.3 is 10.6 Å². The SMILES string of the molecule is CC1(C(=O)Nc2ccc(Cl)nn2)CCCCN1. The third kappa shape index (κ3) is 2.92. The van der Waals surface area contributed by atoms with Gasteiger partial charge in [-0.25, -0.2) is 0 Å². The number of nitrogens with one attached hydrogen (secondary N) is 2. The first-order valence-corrected chi connectivity index (χ1v) is 6.04. The molecule has 2 N–H and O–H groups in total. The highest BCUT2D eigenvalue weighted by Gasteiger charge is 2.34. The lowest BCUT2D eigenvalue weighted by Gasteiger charge is -2.33. The standard InChI is InChI=1S/C11H15ClN4O/c1-11(6-2-3-7-13-11)10(17)14-9-5-4-8(12)15-16-9/h4-5,13H,2-3,6-7H2,1H3,(H,14,16,17). The Balaban J connectivity index is 2.03. The van der Waals surface area contributed by atoms with E-state index in [1.807, 2.05) is 6.92 Å². The number of aromatic nitrogens is 2. The van der Waals surface area contributed by atoms with Crippen LogP contribution >= 0.6 is 11.6 Å². The number of rotatable bonds is 2. The van der Waals surface area contributed by atoms with Crippen molar-refractivity contribution in [1.29, 1.82) is 0 Å². The molecule has 6 heteroatoms. The average molecular weight is 255 g/mol. The van der Waals surface area contributed by atoms with Gasteiger partial charge in [0.1, 0.15) is 0 Å². The fourth-order valence-electron chi connectivity index (χ4n) is 1.89. The van der Waals surface area contributed by atoms with E-state index >= 15 is 0 Å². The summed E-state index contributed by atoms with van der Waals surface area (Å²) in [5.74, 6) is 0.349. The van der Waals surface area contributed by atoms with Crippen LogP contribution in [-0.2, 0) is 4.79 Å². The highest BCUT2D eigenvalue weighted by atomic mass is 35.5. The Labute approximate surface area is 105 Å². The summed E-state index contributed by atoms with van der Waals surface area (Å²) in [6, 6.07) is 3.24. The minimum atomic E-state index is -0.514. The van der Waals surface area contributed by atoms with Crippen molar-refractivity contribution in [3.05, 3.63) is 17.3 Å². The van der Waals surface area contributed by atoms with Crippen LogP contribution in [0.2, 0.25) is 5.15 Å². The van der Waals surface area contributed by atoms with E-state index in [1.54, 1.807) is 12.1 Å². The molecule has 1 aliphatic rings. The minimum absolute atomic E-state index is 0.0752. The lowest BCUT2D eigenvalue weighted by atomic mass is 9.90. The molecule has 0 aromatic carbocycles. The van der Waals surface area contributed by atoms with E-state index in [0.717, 1.165) is 25.8 Å². The molecule has 1 unspecified atom stereocenters. The fourth-order valence-corrected chi connectivity index (χ4v) is 1.99. The number of amides is 1. The second-order valence-electron chi connectivity index (χ2n) is 4.41. The highest BCUT2D eigenvalue weighted by Crippen LogP contribution is 2.20. The number of piperidine rings is 1. The Kier molecular flexibility index (Phi) is 3.59. The molecule has 1 aromatic rings. The smallest absolute Gasteiger partial charge is 0.245 e. The van der Waals surface area contributed by atoms with E-state index in [2.05, 4.69) is 20.8 Å². The number of nitrogens with zero attached hydrogens (tertiary/aromatic N) is 2. The summed E-state index contributed by atoms with van der Waals surface area (Å²) < 4.78 is 0. The van der Waals surface area contributed by atoms with Crippen LogP contribution in [0.4, 0.5) is 5.82 Å². The van der Waals surface area contributed by atoms with Gasteiger partial charge >= 0.3 is 0 Å². The topological polar surface area (TPSA) is 66.9 Å². The summed E-state index contributed by atoms with van der Waals surface area (Å²) in [4.78, 5) is 12.1. The van der Waals surface area contributed by atoms with Gasteiger partial charge in [-0.1, -0.05) is 11.6 Å². The molecule has 1 saturated heterocycles. The molecule has 0 bridgehead atoms. The van der Waals surface area contributed by atoms with Crippen molar-refractivity contribution in [2.75, 3.05) is 11.9 Å². The van der Waals surface area contributed by atoms with Gasteiger partial charge in [-0.3, -0.25) is 4.79 Å². The first-order chi connectivity index (χ1) is 8.10. The predicted molar refractivity (Wildman–Crippen MR) is 65.9 cm³/mol. The minimum Gasteiger partial charge on any atom is -0.308 e. The van der Waals surface area contributed by atoms with Crippen LogP contribution < -0.4 is 10.6 Å². The molecule has 1 aliphatic heterocycles. The molecule has 17 heavy (non-hydrogen) atoms. The van der Waals surface area contributed by atoms with Crippen LogP contribution in [0.5, 0.6) is 0 Å². The molecule has 1 fully saturated rings. The molecule has 2 rings (SSSR count). The average Bonchev–Trinajstić information content (AvgIpc) is 2.33. The zero-order valence-electron chi connectivity index (χ0n) is 9.66. The molecular weight excluding hydrogens is 240 g/mol. The molecule has 0 saturated carbocycles. The molecule has 1 aromatic heterocycles. The number of halogens is 1. The van der Waals surface area contributed by atoms with Gasteiger partial charge in [-0.15, -0.1) is 10.2 Å². The van der Waals surface area contributed by atoms with Crippen molar-refractivity contribution < 1.29 is 4.79 Å². The molecule has 0 aliphatic carbocycles. The maximum absolute atomic E-state index is 12.1. The monoisotopic (exact) mass is 254 g/mol. The van der Waals surface area contributed by atoms with Crippen LogP contribution in [0.25, 0.3) is 0 Å². The summed E-state index contributed by atoms with van der Waals surface area (Å²) in [5.41, 5.74) is -0.514. The number of hydrogen-bond acceptors (Lipinski definition) is 4. The number of hydrogen-bond donors (Lipinski definition) is 2. The van der Waals surface area contributed by atoms with Crippen LogP contribution in [0.3, 0.4) is 0 Å². The van der Waals surface area contributed by atoms with E-state index < -0.39 is 5.54 Å². The van der Waals surface area contributed by atoms with Gasteiger partial charge in [0.05, 0.1) is 5.54 Å². The summed E-state index contributed by atoms with van der Waals surface area (Å²) in [5, 5.41) is 13.8. The Morgan fingerprint density at radius 2 is 2.29 bits per heavy atom. The van der Waals surface area contributed by atoms with E-state index in [0.29, 0.717) is 11.0 Å². The normalized spacial score (nSPS) is 24.4. The first-order valence-electron chi connectivity index (χ1n) is 5.66. The lowest BCUT2D eigenvalue weighted by molar-refractivity contribution is -0.122. The lowest BCUT2D eigenvalue weighted by Crippen LogP contribution is -2.54. The van der Waals surface area contributed by atoms with Crippen LogP contribution in [0, 0.1) is 0 Å². The number of carbonyl (C=O) groups excluding carboxylic acids is 1. The van der Waals surface area contributed by atoms with Gasteiger partial charge in [-0.2, -0.15) is 0 Å². The summed E-state index contributed by atoms with van der Waals surface area (Å²) in [7, 11) is 0. The molecule has 1 amide bonds. The van der Waals surface area contributed by atoms with Gasteiger partial charge in [-0.05, 0) is 44.9 Å². The highest BCUT2D eigenvalue weighted by molar-refractivity contribution is 6.29. The summed E-state index contributed by atoms with van der Waals surface area (Å²) >= 11 is 5.63. The van der Waals surface area contributed by atoms with Crippen LogP contribution in [-0.4, -0.2) is 28.2 Å². The molecule has 2 heterocycles. The second-order valence-corrected chi connectivity index (χ2v) is 4.80. The largest absolute Gasteiger partial charge is 0.308 e. The number of carbonyl (C=O) groups is 1. The molecule has 5 nitrogen and oxygen atoms in total. The molecular formula is C11H15ClN4O. The summed E-state index contributed by atoms with van der Waals surface area (Å²) in [6.45, 7) is 2.78. The van der Waals surface area contributed by atoms with Crippen LogP contribution in [0.1, 0.15) is 26.2 Å². The maximum Gasteiger partial charge on any atom is 0.245 e. The maximum atomic E-state index is 12.1. The Hall–Kier alpha value is -1.20. The molecule has 92 valence electrons. The predicted octanol–water partition coefficient (Wildman–Crippen LogP) is 1.60. The first kappa shape index (κ1) is 12.3. The Morgan fingerprint density at radius 3 is 2.88 bits per heavy atom. The van der Waals surface area contributed by atoms with Gasteiger partial charge in [0, 0.05) is 0 Å². The van der Waals surface area contributed by atoms with Crippen molar-refractivity contribution in [2.24, 2.45) is 0 Å².